The van der Waals surface area contributed by atoms with Gasteiger partial charge < -0.3 is 29.7 Å². The van der Waals surface area contributed by atoms with Gasteiger partial charge in [0.05, 0.1) is 18.4 Å². The van der Waals surface area contributed by atoms with Gasteiger partial charge in [0.25, 0.3) is 5.91 Å². The molecule has 56 heavy (non-hydrogen) atoms. The highest BCUT2D eigenvalue weighted by molar-refractivity contribution is 7.91. The molecule has 0 bridgehead atoms. The molecule has 7 atom stereocenters. The Morgan fingerprint density at radius 3 is 2.55 bits per heavy atom. The number of rotatable bonds is 8. The van der Waals surface area contributed by atoms with E-state index in [4.69, 9.17) is 14.2 Å². The molecule has 306 valence electrons. The molecule has 1 aromatic heterocycles. The molecule has 4 amide bonds. The second-order valence-corrected chi connectivity index (χ2v) is 19.3. The highest BCUT2D eigenvalue weighted by Crippen LogP contribution is 2.47. The molecule has 2 aliphatic carbocycles. The van der Waals surface area contributed by atoms with Crippen LogP contribution in [0.4, 0.5) is 9.18 Å². The van der Waals surface area contributed by atoms with E-state index < -0.39 is 79.6 Å². The smallest absolute Gasteiger partial charge is 0.408 e. The fourth-order valence-electron chi connectivity index (χ4n) is 7.80. The number of carbonyl (C=O) groups excluding carboxylic acids is 4. The number of ether oxygens (including phenoxy) is 3. The van der Waals surface area contributed by atoms with Gasteiger partial charge in [0.15, 0.2) is 11.6 Å². The third-order valence-corrected chi connectivity index (χ3v) is 13.7. The molecule has 1 aromatic carbocycles. The number of halogens is 1. The van der Waals surface area contributed by atoms with Gasteiger partial charge in [-0.1, -0.05) is 32.4 Å². The Labute approximate surface area is 327 Å². The maximum Gasteiger partial charge on any atom is 0.408 e. The normalized spacial score (nSPS) is 29.2. The van der Waals surface area contributed by atoms with Crippen molar-refractivity contribution < 1.29 is 46.2 Å². The average molecular weight is 800 g/mol. The number of carbonyl (C=O) groups is 4. The zero-order chi connectivity index (χ0) is 40.8. The number of hydrogen-bond donors (Lipinski definition) is 3. The van der Waals surface area contributed by atoms with Crippen LogP contribution in [0, 0.1) is 23.6 Å². The van der Waals surface area contributed by atoms with Gasteiger partial charge in [-0.05, 0) is 102 Å². The summed E-state index contributed by atoms with van der Waals surface area (Å²) in [5, 5.41) is 6.64. The van der Waals surface area contributed by atoms with Crippen LogP contribution < -0.4 is 24.8 Å². The number of aromatic nitrogens is 1. The van der Waals surface area contributed by atoms with Crippen molar-refractivity contribution in [2.24, 2.45) is 17.8 Å². The van der Waals surface area contributed by atoms with Crippen molar-refractivity contribution in [2.75, 3.05) is 13.7 Å². The molecule has 0 spiro atoms. The number of alkyl carbamates (subject to hydrolysis) is 1. The first-order valence-electron chi connectivity index (χ1n) is 19.4. The SMILES string of the molecule is CCC1CC(C)CCC=CC2CC2(C(=O)NS(=O)(=O)C2(C)CC2)NC(=O)C2CC(Oc3nccc4cc(OC)c(F)cc34)CN2C(=O)C1NC(=O)OC(C)(C)C. The van der Waals surface area contributed by atoms with Gasteiger partial charge in [-0.2, -0.15) is 0 Å². The first-order chi connectivity index (χ1) is 26.3. The molecule has 4 aliphatic rings. The number of amides is 4. The summed E-state index contributed by atoms with van der Waals surface area (Å²) in [5.74, 6) is -3.25. The van der Waals surface area contributed by atoms with Crippen molar-refractivity contribution in [2.45, 2.75) is 127 Å². The van der Waals surface area contributed by atoms with Crippen molar-refractivity contribution in [1.29, 1.82) is 0 Å². The summed E-state index contributed by atoms with van der Waals surface area (Å²) >= 11 is 0. The molecule has 14 nitrogen and oxygen atoms in total. The number of pyridine rings is 1. The molecule has 3 N–H and O–H groups in total. The maximum absolute atomic E-state index is 14.9. The van der Waals surface area contributed by atoms with E-state index in [2.05, 4.69) is 27.3 Å². The lowest BCUT2D eigenvalue weighted by Gasteiger charge is -2.34. The molecule has 2 saturated carbocycles. The van der Waals surface area contributed by atoms with Crippen LogP contribution >= 0.6 is 0 Å². The standard InChI is InChI=1S/C40H54FN5O9S/c1-8-24-17-23(2)11-9-10-12-26-21-40(26,36(49)45-56(51,52)39(6)14-15-39)44-33(47)30-19-27(22-46(30)35(48)32(24)43-37(50)55-38(3,4)5)54-34-28-20-29(41)31(53-7)18-25(28)13-16-42-34/h10,12-13,16,18,20,23-24,26-27,30,32H,8-9,11,14-15,17,19,21-22H2,1-7H3,(H,43,50)(H,44,47)(H,45,49). The lowest BCUT2D eigenvalue weighted by molar-refractivity contribution is -0.142. The summed E-state index contributed by atoms with van der Waals surface area (Å²) in [7, 11) is -2.67. The van der Waals surface area contributed by atoms with E-state index in [9.17, 15) is 32.0 Å². The summed E-state index contributed by atoms with van der Waals surface area (Å²) in [6.07, 6.45) is 7.16. The van der Waals surface area contributed by atoms with Gasteiger partial charge >= 0.3 is 6.09 Å². The van der Waals surface area contributed by atoms with Crippen LogP contribution in [0.15, 0.2) is 36.5 Å². The number of hydrogen-bond acceptors (Lipinski definition) is 10. The quantitative estimate of drug-likeness (QED) is 0.311. The number of allylic oxidation sites excluding steroid dienone is 1. The van der Waals surface area contributed by atoms with E-state index in [0.717, 1.165) is 6.42 Å². The Balaban J connectivity index is 1.37. The summed E-state index contributed by atoms with van der Waals surface area (Å²) < 4.78 is 59.6. The van der Waals surface area contributed by atoms with Crippen LogP contribution in [0.2, 0.25) is 0 Å². The zero-order valence-corrected chi connectivity index (χ0v) is 34.0. The van der Waals surface area contributed by atoms with Gasteiger partial charge in [0.2, 0.25) is 27.7 Å². The molecule has 3 heterocycles. The molecule has 2 aromatic rings. The molecule has 7 unspecified atom stereocenters. The van der Waals surface area contributed by atoms with Gasteiger partial charge in [0, 0.05) is 23.9 Å². The Morgan fingerprint density at radius 1 is 1.16 bits per heavy atom. The van der Waals surface area contributed by atoms with Crippen molar-refractivity contribution in [3.63, 3.8) is 0 Å². The fourth-order valence-corrected chi connectivity index (χ4v) is 9.12. The third-order valence-electron chi connectivity index (χ3n) is 11.6. The third kappa shape index (κ3) is 8.59. The molecule has 2 aliphatic heterocycles. The van der Waals surface area contributed by atoms with Gasteiger partial charge in [0.1, 0.15) is 29.3 Å². The van der Waals surface area contributed by atoms with Crippen LogP contribution in [-0.2, 0) is 29.1 Å². The van der Waals surface area contributed by atoms with E-state index in [1.807, 2.05) is 19.1 Å². The Morgan fingerprint density at radius 2 is 1.89 bits per heavy atom. The van der Waals surface area contributed by atoms with Gasteiger partial charge in [-0.25, -0.2) is 22.6 Å². The van der Waals surface area contributed by atoms with Gasteiger partial charge in [-0.15, -0.1) is 0 Å². The van der Waals surface area contributed by atoms with E-state index in [0.29, 0.717) is 42.9 Å². The van der Waals surface area contributed by atoms with Crippen LogP contribution in [0.5, 0.6) is 11.6 Å². The number of methoxy groups -OCH3 is 1. The second-order valence-electron chi connectivity index (χ2n) is 17.1. The first-order valence-corrected chi connectivity index (χ1v) is 20.9. The number of nitrogens with zero attached hydrogens (tertiary/aromatic N) is 2. The van der Waals surface area contributed by atoms with Gasteiger partial charge in [-0.3, -0.25) is 19.1 Å². The zero-order valence-electron chi connectivity index (χ0n) is 33.1. The predicted molar refractivity (Wildman–Crippen MR) is 206 cm³/mol. The minimum absolute atomic E-state index is 0.0391. The Kier molecular flexibility index (Phi) is 11.4. The predicted octanol–water partition coefficient (Wildman–Crippen LogP) is 4.90. The van der Waals surface area contributed by atoms with Crippen LogP contribution in [0.25, 0.3) is 10.8 Å². The summed E-state index contributed by atoms with van der Waals surface area (Å²) in [5.41, 5.74) is -2.42. The van der Waals surface area contributed by atoms with E-state index in [1.54, 1.807) is 33.8 Å². The lowest BCUT2D eigenvalue weighted by Crippen LogP contribution is -2.59. The lowest BCUT2D eigenvalue weighted by atomic mass is 9.85. The summed E-state index contributed by atoms with van der Waals surface area (Å²) in [6, 6.07) is 2.15. The van der Waals surface area contributed by atoms with Crippen molar-refractivity contribution in [3.8, 4) is 11.6 Å². The highest BCUT2D eigenvalue weighted by atomic mass is 32.2. The van der Waals surface area contributed by atoms with E-state index in [1.165, 1.54) is 30.3 Å². The maximum atomic E-state index is 14.9. The molecular formula is C40H54FN5O9S. The second kappa shape index (κ2) is 15.5. The number of benzene rings is 1. The van der Waals surface area contributed by atoms with Crippen molar-refractivity contribution in [1.82, 2.24) is 25.2 Å². The molecule has 16 heteroatoms. The monoisotopic (exact) mass is 799 g/mol. The Hall–Kier alpha value is -4.47. The molecular weight excluding hydrogens is 746 g/mol. The average Bonchev–Trinajstić information content (AvgIpc) is 4.00. The van der Waals surface area contributed by atoms with E-state index >= 15 is 0 Å². The minimum atomic E-state index is -4.03. The van der Waals surface area contributed by atoms with Crippen LogP contribution in [0.1, 0.15) is 92.9 Å². The number of sulfonamides is 1. The van der Waals surface area contributed by atoms with E-state index in [-0.39, 0.29) is 42.9 Å². The van der Waals surface area contributed by atoms with Crippen LogP contribution in [-0.4, -0.2) is 89.8 Å². The largest absolute Gasteiger partial charge is 0.494 e. The highest BCUT2D eigenvalue weighted by Gasteiger charge is 2.63. The molecule has 1 saturated heterocycles. The first kappa shape index (κ1) is 41.2. The number of fused-ring (bicyclic) bond motifs is 3. The fraction of sp³-hybridized carbons (Fsp3) is 0.625. The summed E-state index contributed by atoms with van der Waals surface area (Å²) in [6.45, 7) is 10.6. The Bertz CT molecular complexity index is 2020. The molecule has 0 radical (unpaired) electrons. The molecule has 6 rings (SSSR count). The topological polar surface area (TPSA) is 182 Å². The molecule has 3 fully saturated rings. The van der Waals surface area contributed by atoms with Crippen molar-refractivity contribution >= 4 is 44.6 Å². The number of nitrogens with one attached hydrogen (secondary N) is 3. The summed E-state index contributed by atoms with van der Waals surface area (Å²) in [4.78, 5) is 62.4. The van der Waals surface area contributed by atoms with Crippen LogP contribution in [0.3, 0.4) is 0 Å². The minimum Gasteiger partial charge on any atom is -0.494 e. The van der Waals surface area contributed by atoms with Crippen molar-refractivity contribution in [3.05, 3.63) is 42.4 Å².